The zero-order chi connectivity index (χ0) is 13.2. The van der Waals surface area contributed by atoms with Crippen molar-refractivity contribution in [2.24, 2.45) is 0 Å². The lowest BCUT2D eigenvalue weighted by Gasteiger charge is -2.29. The Morgan fingerprint density at radius 2 is 2.00 bits per heavy atom. The van der Waals surface area contributed by atoms with Crippen LogP contribution >= 0.6 is 0 Å². The summed E-state index contributed by atoms with van der Waals surface area (Å²) in [5, 5.41) is 7.41. The van der Waals surface area contributed by atoms with Crippen molar-refractivity contribution >= 4 is 5.69 Å². The highest BCUT2D eigenvalue weighted by Crippen LogP contribution is 2.29. The van der Waals surface area contributed by atoms with Crippen LogP contribution in [0.2, 0.25) is 0 Å². The van der Waals surface area contributed by atoms with Crippen LogP contribution in [0.4, 0.5) is 5.69 Å². The van der Waals surface area contributed by atoms with Crippen LogP contribution in [-0.2, 0) is 0 Å². The lowest BCUT2D eigenvalue weighted by atomic mass is 10.0. The molecule has 1 aliphatic rings. The quantitative estimate of drug-likeness (QED) is 0.896. The average Bonchev–Trinajstić information content (AvgIpc) is 2.79. The van der Waals surface area contributed by atoms with Gasteiger partial charge in [-0.1, -0.05) is 17.3 Å². The second-order valence-corrected chi connectivity index (χ2v) is 4.99. The van der Waals surface area contributed by atoms with Crippen LogP contribution in [0, 0.1) is 13.8 Å². The van der Waals surface area contributed by atoms with Crippen molar-refractivity contribution in [2.75, 3.05) is 31.1 Å². The van der Waals surface area contributed by atoms with Gasteiger partial charge >= 0.3 is 0 Å². The van der Waals surface area contributed by atoms with Gasteiger partial charge in [0.1, 0.15) is 5.76 Å². The molecule has 0 bridgehead atoms. The van der Waals surface area contributed by atoms with Crippen LogP contribution in [0.25, 0.3) is 11.1 Å². The summed E-state index contributed by atoms with van der Waals surface area (Å²) in [4.78, 5) is 2.41. The van der Waals surface area contributed by atoms with E-state index in [9.17, 15) is 0 Å². The van der Waals surface area contributed by atoms with E-state index in [0.717, 1.165) is 43.2 Å². The summed E-state index contributed by atoms with van der Waals surface area (Å²) in [5.41, 5.74) is 4.54. The molecular formula is C15H19N3O. The van der Waals surface area contributed by atoms with Gasteiger partial charge in [-0.05, 0) is 31.5 Å². The minimum atomic E-state index is 0.884. The van der Waals surface area contributed by atoms with E-state index in [0.29, 0.717) is 0 Å². The van der Waals surface area contributed by atoms with Crippen molar-refractivity contribution in [3.63, 3.8) is 0 Å². The van der Waals surface area contributed by atoms with Gasteiger partial charge in [-0.15, -0.1) is 0 Å². The van der Waals surface area contributed by atoms with Crippen molar-refractivity contribution in [3.05, 3.63) is 35.7 Å². The number of nitrogens with zero attached hydrogens (tertiary/aromatic N) is 2. The van der Waals surface area contributed by atoms with Gasteiger partial charge in [0, 0.05) is 37.4 Å². The Bertz CT molecular complexity index is 551. The lowest BCUT2D eigenvalue weighted by molar-refractivity contribution is 0.393. The maximum absolute atomic E-state index is 5.26. The van der Waals surface area contributed by atoms with Gasteiger partial charge in [-0.2, -0.15) is 0 Å². The van der Waals surface area contributed by atoms with Crippen LogP contribution < -0.4 is 10.2 Å². The summed E-state index contributed by atoms with van der Waals surface area (Å²) >= 11 is 0. The maximum Gasteiger partial charge on any atom is 0.141 e. The number of aromatic nitrogens is 1. The summed E-state index contributed by atoms with van der Waals surface area (Å²) in [6, 6.07) is 8.64. The van der Waals surface area contributed by atoms with E-state index >= 15 is 0 Å². The molecule has 0 unspecified atom stereocenters. The molecule has 0 amide bonds. The summed E-state index contributed by atoms with van der Waals surface area (Å²) < 4.78 is 5.26. The molecule has 1 saturated heterocycles. The van der Waals surface area contributed by atoms with E-state index in [2.05, 4.69) is 39.6 Å². The summed E-state index contributed by atoms with van der Waals surface area (Å²) in [5.74, 6) is 0.884. The van der Waals surface area contributed by atoms with Gasteiger partial charge in [0.2, 0.25) is 0 Å². The Morgan fingerprint density at radius 3 is 2.68 bits per heavy atom. The van der Waals surface area contributed by atoms with E-state index in [1.807, 2.05) is 13.8 Å². The van der Waals surface area contributed by atoms with Crippen molar-refractivity contribution in [1.82, 2.24) is 10.5 Å². The predicted molar refractivity (Wildman–Crippen MR) is 76.5 cm³/mol. The Balaban J connectivity index is 1.95. The molecule has 0 radical (unpaired) electrons. The minimum absolute atomic E-state index is 0.884. The van der Waals surface area contributed by atoms with Crippen molar-refractivity contribution in [3.8, 4) is 11.1 Å². The molecule has 1 aromatic heterocycles. The topological polar surface area (TPSA) is 41.3 Å². The molecule has 0 saturated carbocycles. The first-order valence-corrected chi connectivity index (χ1v) is 6.74. The lowest BCUT2D eigenvalue weighted by Crippen LogP contribution is -2.43. The molecule has 0 aliphatic carbocycles. The largest absolute Gasteiger partial charge is 0.369 e. The fourth-order valence-corrected chi connectivity index (χ4v) is 2.68. The third-order valence-electron chi connectivity index (χ3n) is 3.65. The fraction of sp³-hybridized carbons (Fsp3) is 0.400. The van der Waals surface area contributed by atoms with Gasteiger partial charge in [0.05, 0.1) is 5.69 Å². The molecule has 1 aromatic carbocycles. The second kappa shape index (κ2) is 5.05. The monoisotopic (exact) mass is 257 g/mol. The van der Waals surface area contributed by atoms with Crippen molar-refractivity contribution in [2.45, 2.75) is 13.8 Å². The summed E-state index contributed by atoms with van der Waals surface area (Å²) in [6.45, 7) is 8.18. The van der Waals surface area contributed by atoms with Crippen molar-refractivity contribution < 1.29 is 4.52 Å². The van der Waals surface area contributed by atoms with Crippen molar-refractivity contribution in [1.29, 1.82) is 0 Å². The number of benzene rings is 1. The van der Waals surface area contributed by atoms with E-state index in [1.165, 1.54) is 11.3 Å². The van der Waals surface area contributed by atoms with Crippen LogP contribution in [0.15, 0.2) is 28.8 Å². The Morgan fingerprint density at radius 1 is 1.21 bits per heavy atom. The third kappa shape index (κ3) is 2.36. The molecular weight excluding hydrogens is 238 g/mol. The first-order valence-electron chi connectivity index (χ1n) is 6.74. The van der Waals surface area contributed by atoms with Gasteiger partial charge in [0.15, 0.2) is 0 Å². The zero-order valence-corrected chi connectivity index (χ0v) is 11.4. The normalized spacial score (nSPS) is 15.8. The Kier molecular flexibility index (Phi) is 3.25. The summed E-state index contributed by atoms with van der Waals surface area (Å²) in [7, 11) is 0. The molecule has 4 nitrogen and oxygen atoms in total. The predicted octanol–water partition coefficient (Wildman–Crippen LogP) is 2.37. The number of anilines is 1. The number of hydrogen-bond donors (Lipinski definition) is 1. The molecule has 19 heavy (non-hydrogen) atoms. The SMILES string of the molecule is Cc1noc(C)c1-c1cccc(N2CCNCC2)c1. The first-order chi connectivity index (χ1) is 9.25. The molecule has 1 N–H and O–H groups in total. The molecule has 2 heterocycles. The molecule has 1 aliphatic heterocycles. The van der Waals surface area contributed by atoms with Crippen LogP contribution in [0.1, 0.15) is 11.5 Å². The number of hydrogen-bond acceptors (Lipinski definition) is 4. The van der Waals surface area contributed by atoms with E-state index in [4.69, 9.17) is 4.52 Å². The van der Waals surface area contributed by atoms with E-state index in [-0.39, 0.29) is 0 Å². The molecule has 100 valence electrons. The highest BCUT2D eigenvalue weighted by Gasteiger charge is 2.14. The fourth-order valence-electron chi connectivity index (χ4n) is 2.68. The van der Waals surface area contributed by atoms with E-state index in [1.54, 1.807) is 0 Å². The second-order valence-electron chi connectivity index (χ2n) is 4.99. The Labute approximate surface area is 113 Å². The molecule has 2 aromatic rings. The molecule has 3 rings (SSSR count). The average molecular weight is 257 g/mol. The van der Waals surface area contributed by atoms with Crippen LogP contribution in [-0.4, -0.2) is 31.3 Å². The van der Waals surface area contributed by atoms with Gasteiger partial charge in [-0.3, -0.25) is 0 Å². The first kappa shape index (κ1) is 12.2. The summed E-state index contributed by atoms with van der Waals surface area (Å²) in [6.07, 6.45) is 0. The highest BCUT2D eigenvalue weighted by atomic mass is 16.5. The van der Waals surface area contributed by atoms with Crippen LogP contribution in [0.5, 0.6) is 0 Å². The zero-order valence-electron chi connectivity index (χ0n) is 11.4. The highest BCUT2D eigenvalue weighted by molar-refractivity contribution is 5.71. The standard InChI is InChI=1S/C15H19N3O/c1-11-15(12(2)19-17-11)13-4-3-5-14(10-13)18-8-6-16-7-9-18/h3-5,10,16H,6-9H2,1-2H3. The maximum atomic E-state index is 5.26. The van der Waals surface area contributed by atoms with Gasteiger partial charge < -0.3 is 14.7 Å². The smallest absolute Gasteiger partial charge is 0.141 e. The number of rotatable bonds is 2. The van der Waals surface area contributed by atoms with Crippen LogP contribution in [0.3, 0.4) is 0 Å². The molecule has 4 heteroatoms. The molecule has 1 fully saturated rings. The van der Waals surface area contributed by atoms with Gasteiger partial charge in [-0.25, -0.2) is 0 Å². The number of aryl methyl sites for hydroxylation is 2. The molecule has 0 spiro atoms. The Hall–Kier alpha value is -1.81. The van der Waals surface area contributed by atoms with E-state index < -0.39 is 0 Å². The third-order valence-corrected chi connectivity index (χ3v) is 3.65. The minimum Gasteiger partial charge on any atom is -0.369 e. The van der Waals surface area contributed by atoms with Gasteiger partial charge in [0.25, 0.3) is 0 Å². The number of piperazine rings is 1. The molecule has 0 atom stereocenters. The number of nitrogens with one attached hydrogen (secondary N) is 1.